The lowest BCUT2D eigenvalue weighted by atomic mass is 9.93. The molecule has 2 amide bonds. The average molecular weight is 312 g/mol. The summed E-state index contributed by atoms with van der Waals surface area (Å²) in [5, 5.41) is 0. The number of hydrogen-bond acceptors (Lipinski definition) is 2. The third-order valence-electron chi connectivity index (χ3n) is 4.59. The highest BCUT2D eigenvalue weighted by Crippen LogP contribution is 2.35. The lowest BCUT2D eigenvalue weighted by Gasteiger charge is -2.41. The van der Waals surface area contributed by atoms with Crippen molar-refractivity contribution in [3.8, 4) is 0 Å². The zero-order valence-electron chi connectivity index (χ0n) is 13.9. The monoisotopic (exact) mass is 312 g/mol. The van der Waals surface area contributed by atoms with Crippen LogP contribution in [0.3, 0.4) is 0 Å². The maximum absolute atomic E-state index is 12.7. The molecule has 0 saturated heterocycles. The van der Waals surface area contributed by atoms with Crippen molar-refractivity contribution in [1.29, 1.82) is 0 Å². The number of aliphatic imine (C=N–C) groups is 1. The molecule has 0 bridgehead atoms. The third-order valence-corrected chi connectivity index (χ3v) is 4.59. The summed E-state index contributed by atoms with van der Waals surface area (Å²) >= 11 is 0. The van der Waals surface area contributed by atoms with Crippen LogP contribution in [0.2, 0.25) is 0 Å². The molecule has 1 heterocycles. The number of hydrogen-bond donors (Lipinski definition) is 0. The lowest BCUT2D eigenvalue weighted by Crippen LogP contribution is -2.47. The van der Waals surface area contributed by atoms with Crippen LogP contribution in [0.15, 0.2) is 41.4 Å². The molecule has 1 fully saturated rings. The SMILES string of the molecule is C=C(C)C1=NC(=O)N(C2CCCCC2)C(c2ccc(C)cc2)O1. The Kier molecular flexibility index (Phi) is 4.51. The molecule has 1 saturated carbocycles. The van der Waals surface area contributed by atoms with Gasteiger partial charge in [0.1, 0.15) is 0 Å². The Morgan fingerprint density at radius 3 is 2.48 bits per heavy atom. The molecule has 23 heavy (non-hydrogen) atoms. The van der Waals surface area contributed by atoms with Crippen molar-refractivity contribution < 1.29 is 9.53 Å². The predicted octanol–water partition coefficient (Wildman–Crippen LogP) is 4.75. The summed E-state index contributed by atoms with van der Waals surface area (Å²) in [6, 6.07) is 8.17. The van der Waals surface area contributed by atoms with Crippen molar-refractivity contribution in [3.05, 3.63) is 47.5 Å². The van der Waals surface area contributed by atoms with Crippen molar-refractivity contribution in [2.75, 3.05) is 0 Å². The molecule has 1 aliphatic carbocycles. The van der Waals surface area contributed by atoms with Gasteiger partial charge in [0.2, 0.25) is 12.1 Å². The van der Waals surface area contributed by atoms with Gasteiger partial charge in [0, 0.05) is 17.2 Å². The topological polar surface area (TPSA) is 41.9 Å². The van der Waals surface area contributed by atoms with Gasteiger partial charge in [-0.25, -0.2) is 4.79 Å². The minimum absolute atomic E-state index is 0.202. The molecule has 2 aliphatic rings. The number of urea groups is 1. The van der Waals surface area contributed by atoms with Crippen LogP contribution in [0.4, 0.5) is 4.79 Å². The Morgan fingerprint density at radius 1 is 1.22 bits per heavy atom. The smallest absolute Gasteiger partial charge is 0.350 e. The van der Waals surface area contributed by atoms with Crippen molar-refractivity contribution in [3.63, 3.8) is 0 Å². The first-order valence-electron chi connectivity index (χ1n) is 8.36. The summed E-state index contributed by atoms with van der Waals surface area (Å²) in [5.41, 5.74) is 2.86. The second kappa shape index (κ2) is 6.57. The Bertz CT molecular complexity index is 627. The standard InChI is InChI=1S/C19H24N2O2/c1-13(2)17-20-19(22)21(16-7-5-4-6-8-16)18(23-17)15-11-9-14(3)10-12-15/h9-12,16,18H,1,4-8H2,2-3H3. The van der Waals surface area contributed by atoms with Gasteiger partial charge in [-0.05, 0) is 26.7 Å². The lowest BCUT2D eigenvalue weighted by molar-refractivity contribution is -0.00184. The first kappa shape index (κ1) is 15.8. The van der Waals surface area contributed by atoms with E-state index in [1.54, 1.807) is 0 Å². The summed E-state index contributed by atoms with van der Waals surface area (Å²) in [6.07, 6.45) is 5.20. The molecule has 1 aromatic carbocycles. The maximum Gasteiger partial charge on any atom is 0.350 e. The summed E-state index contributed by atoms with van der Waals surface area (Å²) in [7, 11) is 0. The molecule has 0 aromatic heterocycles. The highest BCUT2D eigenvalue weighted by atomic mass is 16.5. The molecule has 122 valence electrons. The third kappa shape index (κ3) is 3.31. The number of amides is 2. The van der Waals surface area contributed by atoms with Crippen LogP contribution in [0.5, 0.6) is 0 Å². The van der Waals surface area contributed by atoms with E-state index in [1.807, 2.05) is 24.0 Å². The number of carbonyl (C=O) groups is 1. The van der Waals surface area contributed by atoms with E-state index in [0.717, 1.165) is 31.2 Å². The number of benzene rings is 1. The van der Waals surface area contributed by atoms with E-state index < -0.39 is 6.23 Å². The Balaban J connectivity index is 1.96. The van der Waals surface area contributed by atoms with Crippen LogP contribution in [-0.2, 0) is 4.74 Å². The van der Waals surface area contributed by atoms with Crippen molar-refractivity contribution in [1.82, 2.24) is 4.90 Å². The highest BCUT2D eigenvalue weighted by Gasteiger charge is 2.38. The molecule has 1 atom stereocenters. The number of rotatable bonds is 3. The first-order chi connectivity index (χ1) is 11.1. The summed E-state index contributed by atoms with van der Waals surface area (Å²) in [6.45, 7) is 7.73. The quantitative estimate of drug-likeness (QED) is 0.808. The van der Waals surface area contributed by atoms with Crippen molar-refractivity contribution in [2.45, 2.75) is 58.2 Å². The van der Waals surface area contributed by atoms with Gasteiger partial charge >= 0.3 is 6.03 Å². The van der Waals surface area contributed by atoms with Gasteiger partial charge in [-0.2, -0.15) is 4.99 Å². The second-order valence-corrected chi connectivity index (χ2v) is 6.56. The van der Waals surface area contributed by atoms with E-state index >= 15 is 0 Å². The summed E-state index contributed by atoms with van der Waals surface area (Å²) in [4.78, 5) is 18.6. The van der Waals surface area contributed by atoms with E-state index in [9.17, 15) is 4.79 Å². The van der Waals surface area contributed by atoms with Crippen LogP contribution in [0.25, 0.3) is 0 Å². The molecular formula is C19H24N2O2. The predicted molar refractivity (Wildman–Crippen MR) is 91.4 cm³/mol. The molecule has 0 spiro atoms. The molecular weight excluding hydrogens is 288 g/mol. The van der Waals surface area contributed by atoms with Crippen LogP contribution in [-0.4, -0.2) is 22.9 Å². The fourth-order valence-corrected chi connectivity index (χ4v) is 3.30. The fourth-order valence-electron chi connectivity index (χ4n) is 3.30. The van der Waals surface area contributed by atoms with Gasteiger partial charge in [-0.3, -0.25) is 4.90 Å². The summed E-state index contributed by atoms with van der Waals surface area (Å²) in [5.74, 6) is 0.354. The average Bonchev–Trinajstić information content (AvgIpc) is 2.55. The van der Waals surface area contributed by atoms with Crippen LogP contribution in [0.1, 0.15) is 56.4 Å². The van der Waals surface area contributed by atoms with Gasteiger partial charge in [0.25, 0.3) is 0 Å². The van der Waals surface area contributed by atoms with Crippen molar-refractivity contribution >= 4 is 11.9 Å². The van der Waals surface area contributed by atoms with Gasteiger partial charge < -0.3 is 4.74 Å². The highest BCUT2D eigenvalue weighted by molar-refractivity contribution is 6.01. The zero-order valence-corrected chi connectivity index (χ0v) is 13.9. The minimum atomic E-state index is -0.407. The van der Waals surface area contributed by atoms with Gasteiger partial charge in [0.15, 0.2) is 0 Å². The van der Waals surface area contributed by atoms with Crippen LogP contribution in [0, 0.1) is 6.92 Å². The summed E-state index contributed by atoms with van der Waals surface area (Å²) < 4.78 is 6.07. The van der Waals surface area contributed by atoms with Crippen molar-refractivity contribution in [2.24, 2.45) is 4.99 Å². The first-order valence-corrected chi connectivity index (χ1v) is 8.36. The Morgan fingerprint density at radius 2 is 1.87 bits per heavy atom. The number of aryl methyl sites for hydroxylation is 1. The Hall–Kier alpha value is -2.10. The largest absolute Gasteiger partial charge is 0.449 e. The number of ether oxygens (including phenoxy) is 1. The minimum Gasteiger partial charge on any atom is -0.449 e. The molecule has 4 nitrogen and oxygen atoms in total. The number of nitrogens with zero attached hydrogens (tertiary/aromatic N) is 2. The van der Waals surface area contributed by atoms with Crippen LogP contribution >= 0.6 is 0 Å². The molecule has 0 radical (unpaired) electrons. The molecule has 0 N–H and O–H groups in total. The molecule has 3 rings (SSSR count). The van der Waals surface area contributed by atoms with E-state index in [4.69, 9.17) is 4.74 Å². The van der Waals surface area contributed by atoms with E-state index in [2.05, 4.69) is 30.6 Å². The number of carbonyl (C=O) groups excluding carboxylic acids is 1. The second-order valence-electron chi connectivity index (χ2n) is 6.56. The van der Waals surface area contributed by atoms with Crippen LogP contribution < -0.4 is 0 Å². The molecule has 1 aromatic rings. The van der Waals surface area contributed by atoms with E-state index in [-0.39, 0.29) is 12.1 Å². The zero-order chi connectivity index (χ0) is 16.4. The molecule has 1 unspecified atom stereocenters. The maximum atomic E-state index is 12.7. The Labute approximate surface area is 137 Å². The molecule has 4 heteroatoms. The van der Waals surface area contributed by atoms with Gasteiger partial charge in [0.05, 0.1) is 0 Å². The normalized spacial score (nSPS) is 22.5. The van der Waals surface area contributed by atoms with E-state index in [0.29, 0.717) is 11.5 Å². The molecule has 1 aliphatic heterocycles. The van der Waals surface area contributed by atoms with E-state index in [1.165, 1.54) is 12.0 Å². The fraction of sp³-hybridized carbons (Fsp3) is 0.474. The van der Waals surface area contributed by atoms with Gasteiger partial charge in [-0.1, -0.05) is 55.7 Å². The van der Waals surface area contributed by atoms with Gasteiger partial charge in [-0.15, -0.1) is 0 Å².